The van der Waals surface area contributed by atoms with Crippen molar-refractivity contribution in [2.45, 2.75) is 65.0 Å². The van der Waals surface area contributed by atoms with Crippen molar-refractivity contribution in [2.75, 3.05) is 6.54 Å². The molecule has 1 aliphatic carbocycles. The number of rotatable bonds is 7. The van der Waals surface area contributed by atoms with Crippen molar-refractivity contribution < 1.29 is 14.7 Å². The highest BCUT2D eigenvalue weighted by atomic mass is 16.4. The highest BCUT2D eigenvalue weighted by molar-refractivity contribution is 5.86. The summed E-state index contributed by atoms with van der Waals surface area (Å²) in [4.78, 5) is 25.5. The lowest BCUT2D eigenvalue weighted by Gasteiger charge is -2.34. The molecule has 0 heterocycles. The zero-order chi connectivity index (χ0) is 14.6. The van der Waals surface area contributed by atoms with Crippen molar-refractivity contribution in [3.05, 3.63) is 0 Å². The zero-order valence-electron chi connectivity index (χ0n) is 12.4. The highest BCUT2D eigenvalue weighted by Gasteiger charge is 2.38. The van der Waals surface area contributed by atoms with Crippen LogP contribution in [0.4, 0.5) is 4.79 Å². The van der Waals surface area contributed by atoms with Gasteiger partial charge in [-0.3, -0.25) is 0 Å². The SMILES string of the molecule is CCC(CC)(NC(=O)N(CC1CC1)C(C)C)C(=O)O. The predicted molar refractivity (Wildman–Crippen MR) is 74.0 cm³/mol. The van der Waals surface area contributed by atoms with Crippen LogP contribution in [-0.2, 0) is 4.79 Å². The molecule has 110 valence electrons. The molecule has 0 saturated heterocycles. The van der Waals surface area contributed by atoms with Gasteiger partial charge in [-0.05, 0) is 45.4 Å². The number of amides is 2. The quantitative estimate of drug-likeness (QED) is 0.746. The molecule has 2 amide bonds. The van der Waals surface area contributed by atoms with Crippen LogP contribution in [0.3, 0.4) is 0 Å². The molecular weight excluding hydrogens is 244 g/mol. The van der Waals surface area contributed by atoms with Gasteiger partial charge in [0.2, 0.25) is 0 Å². The Morgan fingerprint density at radius 1 is 1.32 bits per heavy atom. The fourth-order valence-electron chi connectivity index (χ4n) is 2.17. The molecule has 0 aliphatic heterocycles. The van der Waals surface area contributed by atoms with Crippen LogP contribution in [-0.4, -0.2) is 40.1 Å². The van der Waals surface area contributed by atoms with Crippen molar-refractivity contribution in [3.8, 4) is 0 Å². The van der Waals surface area contributed by atoms with E-state index in [2.05, 4.69) is 5.32 Å². The molecule has 0 spiro atoms. The Balaban J connectivity index is 2.75. The Morgan fingerprint density at radius 2 is 1.84 bits per heavy atom. The fourth-order valence-corrected chi connectivity index (χ4v) is 2.17. The molecule has 0 aromatic carbocycles. The van der Waals surface area contributed by atoms with E-state index in [0.717, 1.165) is 6.54 Å². The molecule has 0 bridgehead atoms. The summed E-state index contributed by atoms with van der Waals surface area (Å²) in [5.74, 6) is -0.364. The zero-order valence-corrected chi connectivity index (χ0v) is 12.4. The van der Waals surface area contributed by atoms with Gasteiger partial charge in [0, 0.05) is 12.6 Å². The number of carbonyl (C=O) groups is 2. The molecule has 5 nitrogen and oxygen atoms in total. The van der Waals surface area contributed by atoms with E-state index in [9.17, 15) is 14.7 Å². The van der Waals surface area contributed by atoms with Gasteiger partial charge >= 0.3 is 12.0 Å². The van der Waals surface area contributed by atoms with Crippen LogP contribution >= 0.6 is 0 Å². The third-order valence-electron chi connectivity index (χ3n) is 4.00. The summed E-state index contributed by atoms with van der Waals surface area (Å²) in [6, 6.07) is -0.172. The number of aliphatic carboxylic acids is 1. The third-order valence-corrected chi connectivity index (χ3v) is 4.00. The third kappa shape index (κ3) is 3.85. The molecule has 0 aromatic rings. The van der Waals surface area contributed by atoms with Crippen molar-refractivity contribution in [1.82, 2.24) is 10.2 Å². The second kappa shape index (κ2) is 6.26. The summed E-state index contributed by atoms with van der Waals surface area (Å²) in [6.07, 6.45) is 3.12. The van der Waals surface area contributed by atoms with Gasteiger partial charge in [-0.2, -0.15) is 0 Å². The van der Waals surface area contributed by atoms with Crippen LogP contribution in [0.5, 0.6) is 0 Å². The maximum atomic E-state index is 12.3. The van der Waals surface area contributed by atoms with E-state index in [1.54, 1.807) is 18.7 Å². The van der Waals surface area contributed by atoms with E-state index in [0.29, 0.717) is 18.8 Å². The molecule has 1 saturated carbocycles. The second-order valence-corrected chi connectivity index (χ2v) is 5.71. The number of nitrogens with zero attached hydrogens (tertiary/aromatic N) is 1. The molecule has 0 atom stereocenters. The Kier molecular flexibility index (Phi) is 5.20. The fraction of sp³-hybridized carbons (Fsp3) is 0.857. The number of hydrogen-bond donors (Lipinski definition) is 2. The standard InChI is InChI=1S/C14H26N2O3/c1-5-14(6-2,12(17)18)15-13(19)16(10(3)4)9-11-7-8-11/h10-11H,5-9H2,1-4H3,(H,15,19)(H,17,18). The minimum absolute atomic E-state index is 0.0841. The normalized spacial score (nSPS) is 15.4. The van der Waals surface area contributed by atoms with Gasteiger partial charge in [-0.15, -0.1) is 0 Å². The van der Waals surface area contributed by atoms with Gasteiger partial charge in [0.15, 0.2) is 0 Å². The summed E-state index contributed by atoms with van der Waals surface area (Å²) in [6.45, 7) is 8.23. The van der Waals surface area contributed by atoms with Crippen molar-refractivity contribution in [1.29, 1.82) is 0 Å². The van der Waals surface area contributed by atoms with E-state index < -0.39 is 11.5 Å². The lowest BCUT2D eigenvalue weighted by Crippen LogP contribution is -2.58. The van der Waals surface area contributed by atoms with E-state index in [1.807, 2.05) is 13.8 Å². The summed E-state index contributed by atoms with van der Waals surface area (Å²) in [7, 11) is 0. The first-order chi connectivity index (χ1) is 8.86. The minimum atomic E-state index is -1.15. The van der Waals surface area contributed by atoms with Gasteiger partial charge in [0.05, 0.1) is 0 Å². The highest BCUT2D eigenvalue weighted by Crippen LogP contribution is 2.30. The number of carboxylic acids is 1. The van der Waals surface area contributed by atoms with Gasteiger partial charge in [0.25, 0.3) is 0 Å². The van der Waals surface area contributed by atoms with Crippen LogP contribution in [0, 0.1) is 5.92 Å². The molecule has 0 unspecified atom stereocenters. The maximum Gasteiger partial charge on any atom is 0.329 e. The second-order valence-electron chi connectivity index (χ2n) is 5.71. The molecule has 5 heteroatoms. The van der Waals surface area contributed by atoms with E-state index >= 15 is 0 Å². The first-order valence-corrected chi connectivity index (χ1v) is 7.18. The van der Waals surface area contributed by atoms with Crippen LogP contribution in [0.25, 0.3) is 0 Å². The van der Waals surface area contributed by atoms with Crippen LogP contribution in [0.15, 0.2) is 0 Å². The van der Waals surface area contributed by atoms with Crippen LogP contribution in [0.2, 0.25) is 0 Å². The van der Waals surface area contributed by atoms with Crippen molar-refractivity contribution >= 4 is 12.0 Å². The summed E-state index contributed by atoms with van der Waals surface area (Å²) < 4.78 is 0. The van der Waals surface area contributed by atoms with Gasteiger partial charge in [-0.1, -0.05) is 13.8 Å². The topological polar surface area (TPSA) is 69.6 Å². The summed E-state index contributed by atoms with van der Waals surface area (Å²) >= 11 is 0. The number of urea groups is 1. The van der Waals surface area contributed by atoms with Gasteiger partial charge in [0.1, 0.15) is 5.54 Å². The summed E-state index contributed by atoms with van der Waals surface area (Å²) in [5.41, 5.74) is -1.15. The van der Waals surface area contributed by atoms with Gasteiger partial charge in [-0.25, -0.2) is 9.59 Å². The summed E-state index contributed by atoms with van der Waals surface area (Å²) in [5, 5.41) is 12.1. The predicted octanol–water partition coefficient (Wildman–Crippen LogP) is 2.46. The molecule has 1 fully saturated rings. The Hall–Kier alpha value is -1.26. The lowest BCUT2D eigenvalue weighted by molar-refractivity contribution is -0.144. The number of nitrogens with one attached hydrogen (secondary N) is 1. The maximum absolute atomic E-state index is 12.3. The van der Waals surface area contributed by atoms with E-state index in [1.165, 1.54) is 12.8 Å². The Labute approximate surface area is 115 Å². The van der Waals surface area contributed by atoms with Crippen molar-refractivity contribution in [3.63, 3.8) is 0 Å². The molecule has 2 N–H and O–H groups in total. The first kappa shape index (κ1) is 15.8. The largest absolute Gasteiger partial charge is 0.480 e. The van der Waals surface area contributed by atoms with Crippen LogP contribution in [0.1, 0.15) is 53.4 Å². The van der Waals surface area contributed by atoms with Crippen molar-refractivity contribution in [2.24, 2.45) is 5.92 Å². The monoisotopic (exact) mass is 270 g/mol. The average molecular weight is 270 g/mol. The Bertz CT molecular complexity index is 334. The van der Waals surface area contributed by atoms with E-state index in [-0.39, 0.29) is 12.1 Å². The lowest BCUT2D eigenvalue weighted by atomic mass is 9.93. The molecule has 0 aromatic heterocycles. The minimum Gasteiger partial charge on any atom is -0.480 e. The number of hydrogen-bond acceptors (Lipinski definition) is 2. The first-order valence-electron chi connectivity index (χ1n) is 7.18. The molecular formula is C14H26N2O3. The molecule has 0 radical (unpaired) electrons. The molecule has 1 aliphatic rings. The molecule has 19 heavy (non-hydrogen) atoms. The smallest absolute Gasteiger partial charge is 0.329 e. The molecule has 1 rings (SSSR count). The number of carboxylic acid groups (broad SMARTS) is 1. The van der Waals surface area contributed by atoms with E-state index in [4.69, 9.17) is 0 Å². The average Bonchev–Trinajstić information content (AvgIpc) is 3.16. The van der Waals surface area contributed by atoms with Crippen LogP contribution < -0.4 is 5.32 Å². The number of carbonyl (C=O) groups excluding carboxylic acids is 1. The van der Waals surface area contributed by atoms with Gasteiger partial charge < -0.3 is 15.3 Å². The Morgan fingerprint density at radius 3 is 2.16 bits per heavy atom.